The number of hydrogen-bond acceptors (Lipinski definition) is 4. The van der Waals surface area contributed by atoms with Crippen LogP contribution in [0.5, 0.6) is 5.75 Å². The Balaban J connectivity index is 2.31. The fourth-order valence-electron chi connectivity index (χ4n) is 1.57. The summed E-state index contributed by atoms with van der Waals surface area (Å²) in [5.41, 5.74) is 2.08. The van der Waals surface area contributed by atoms with Crippen molar-refractivity contribution in [3.8, 4) is 5.75 Å². The molecule has 1 aromatic carbocycles. The van der Waals surface area contributed by atoms with Crippen molar-refractivity contribution in [3.63, 3.8) is 0 Å². The van der Waals surface area contributed by atoms with E-state index in [1.807, 2.05) is 39.8 Å². The van der Waals surface area contributed by atoms with Crippen LogP contribution in [0.25, 0.3) is 0 Å². The van der Waals surface area contributed by atoms with Crippen LogP contribution in [0.1, 0.15) is 25.0 Å². The van der Waals surface area contributed by atoms with E-state index < -0.39 is 5.97 Å². The molecule has 0 aliphatic heterocycles. The second-order valence-corrected chi connectivity index (χ2v) is 5.35. The van der Waals surface area contributed by atoms with E-state index in [-0.39, 0.29) is 19.1 Å². The molecule has 5 heteroatoms. The molecule has 0 unspecified atom stereocenters. The SMILES string of the molecule is Cc1cccc(OCC(=O)OCC(=O)NCC(C)C)c1C. The third-order valence-electron chi connectivity index (χ3n) is 2.97. The molecule has 0 spiro atoms. The van der Waals surface area contributed by atoms with Gasteiger partial charge in [-0.2, -0.15) is 0 Å². The fraction of sp³-hybridized carbons (Fsp3) is 0.500. The summed E-state index contributed by atoms with van der Waals surface area (Å²) in [7, 11) is 0. The number of carbonyl (C=O) groups excluding carboxylic acids is 2. The summed E-state index contributed by atoms with van der Waals surface area (Å²) in [6.45, 7) is 7.96. The number of esters is 1. The lowest BCUT2D eigenvalue weighted by atomic mass is 10.1. The topological polar surface area (TPSA) is 64.6 Å². The molecule has 0 fully saturated rings. The summed E-state index contributed by atoms with van der Waals surface area (Å²) in [4.78, 5) is 22.9. The molecular formula is C16H23NO4. The molecule has 0 aromatic heterocycles. The number of carbonyl (C=O) groups is 2. The maximum Gasteiger partial charge on any atom is 0.344 e. The molecule has 116 valence electrons. The van der Waals surface area contributed by atoms with Gasteiger partial charge in [0.25, 0.3) is 5.91 Å². The van der Waals surface area contributed by atoms with Gasteiger partial charge < -0.3 is 14.8 Å². The second kappa shape index (κ2) is 8.29. The Labute approximate surface area is 125 Å². The molecule has 0 radical (unpaired) electrons. The summed E-state index contributed by atoms with van der Waals surface area (Å²) >= 11 is 0. The standard InChI is InChI=1S/C16H23NO4/c1-11(2)8-17-15(18)9-21-16(19)10-20-14-7-5-6-12(3)13(14)4/h5-7,11H,8-10H2,1-4H3,(H,17,18). The number of hydrogen-bond donors (Lipinski definition) is 1. The van der Waals surface area contributed by atoms with E-state index in [4.69, 9.17) is 9.47 Å². The largest absolute Gasteiger partial charge is 0.482 e. The molecule has 1 N–H and O–H groups in total. The van der Waals surface area contributed by atoms with Gasteiger partial charge in [-0.3, -0.25) is 4.79 Å². The number of benzene rings is 1. The highest BCUT2D eigenvalue weighted by Crippen LogP contribution is 2.20. The van der Waals surface area contributed by atoms with E-state index in [0.717, 1.165) is 11.1 Å². The van der Waals surface area contributed by atoms with Crippen molar-refractivity contribution < 1.29 is 19.1 Å². The van der Waals surface area contributed by atoms with Gasteiger partial charge in [0, 0.05) is 6.54 Å². The van der Waals surface area contributed by atoms with E-state index >= 15 is 0 Å². The Morgan fingerprint density at radius 1 is 1.19 bits per heavy atom. The molecule has 1 rings (SSSR count). The molecule has 21 heavy (non-hydrogen) atoms. The van der Waals surface area contributed by atoms with E-state index in [2.05, 4.69) is 5.32 Å². The summed E-state index contributed by atoms with van der Waals surface area (Å²) in [6, 6.07) is 5.63. The van der Waals surface area contributed by atoms with Crippen LogP contribution >= 0.6 is 0 Å². The summed E-state index contributed by atoms with van der Waals surface area (Å²) in [5.74, 6) is 0.146. The van der Waals surface area contributed by atoms with E-state index in [1.54, 1.807) is 6.07 Å². The minimum Gasteiger partial charge on any atom is -0.482 e. The number of ether oxygens (including phenoxy) is 2. The average molecular weight is 293 g/mol. The number of aryl methyl sites for hydroxylation is 1. The molecule has 5 nitrogen and oxygen atoms in total. The molecule has 0 atom stereocenters. The smallest absolute Gasteiger partial charge is 0.344 e. The molecule has 1 aromatic rings. The first-order valence-electron chi connectivity index (χ1n) is 7.01. The van der Waals surface area contributed by atoms with Crippen LogP contribution < -0.4 is 10.1 Å². The number of amides is 1. The molecule has 0 saturated heterocycles. The third-order valence-corrected chi connectivity index (χ3v) is 2.97. The van der Waals surface area contributed by atoms with Gasteiger partial charge in [-0.15, -0.1) is 0 Å². The van der Waals surface area contributed by atoms with Gasteiger partial charge in [-0.1, -0.05) is 26.0 Å². The minimum absolute atomic E-state index is 0.207. The predicted octanol–water partition coefficient (Wildman–Crippen LogP) is 2.00. The lowest BCUT2D eigenvalue weighted by Gasteiger charge is -2.11. The molecule has 0 aliphatic rings. The maximum atomic E-state index is 11.5. The monoisotopic (exact) mass is 293 g/mol. The first-order valence-corrected chi connectivity index (χ1v) is 7.01. The third kappa shape index (κ3) is 6.29. The number of nitrogens with one attached hydrogen (secondary N) is 1. The maximum absolute atomic E-state index is 11.5. The molecule has 0 saturated carbocycles. The Kier molecular flexibility index (Phi) is 6.72. The van der Waals surface area contributed by atoms with Crippen LogP contribution in [0.4, 0.5) is 0 Å². The Morgan fingerprint density at radius 2 is 1.90 bits per heavy atom. The minimum atomic E-state index is -0.560. The van der Waals surface area contributed by atoms with Crippen LogP contribution in [-0.4, -0.2) is 31.6 Å². The van der Waals surface area contributed by atoms with Gasteiger partial charge in [-0.25, -0.2) is 4.79 Å². The lowest BCUT2D eigenvalue weighted by molar-refractivity contribution is -0.150. The fourth-order valence-corrected chi connectivity index (χ4v) is 1.57. The van der Waals surface area contributed by atoms with Gasteiger partial charge in [0.15, 0.2) is 13.2 Å². The first kappa shape index (κ1) is 17.0. The normalized spacial score (nSPS) is 10.3. The van der Waals surface area contributed by atoms with Crippen molar-refractivity contribution in [2.45, 2.75) is 27.7 Å². The Bertz CT molecular complexity index is 497. The first-order chi connectivity index (χ1) is 9.90. The summed E-state index contributed by atoms with van der Waals surface area (Å²) in [6.07, 6.45) is 0. The highest BCUT2D eigenvalue weighted by molar-refractivity contribution is 5.80. The summed E-state index contributed by atoms with van der Waals surface area (Å²) in [5, 5.41) is 2.67. The molecule has 0 bridgehead atoms. The molecule has 0 aliphatic carbocycles. The van der Waals surface area contributed by atoms with Crippen molar-refractivity contribution in [1.82, 2.24) is 5.32 Å². The Hall–Kier alpha value is -2.04. The van der Waals surface area contributed by atoms with Gasteiger partial charge in [-0.05, 0) is 37.0 Å². The molecular weight excluding hydrogens is 270 g/mol. The highest BCUT2D eigenvalue weighted by Gasteiger charge is 2.10. The molecule has 0 heterocycles. The van der Waals surface area contributed by atoms with Crippen LogP contribution in [0.15, 0.2) is 18.2 Å². The lowest BCUT2D eigenvalue weighted by Crippen LogP contribution is -2.32. The van der Waals surface area contributed by atoms with Gasteiger partial charge in [0.1, 0.15) is 5.75 Å². The quantitative estimate of drug-likeness (QED) is 0.781. The average Bonchev–Trinajstić information content (AvgIpc) is 2.44. The van der Waals surface area contributed by atoms with E-state index in [1.165, 1.54) is 0 Å². The van der Waals surface area contributed by atoms with Crippen molar-refractivity contribution in [2.24, 2.45) is 5.92 Å². The molecule has 1 amide bonds. The zero-order valence-corrected chi connectivity index (χ0v) is 13.1. The van der Waals surface area contributed by atoms with Crippen molar-refractivity contribution in [2.75, 3.05) is 19.8 Å². The van der Waals surface area contributed by atoms with Crippen LogP contribution in [0.2, 0.25) is 0 Å². The zero-order chi connectivity index (χ0) is 15.8. The van der Waals surface area contributed by atoms with Gasteiger partial charge >= 0.3 is 5.97 Å². The number of rotatable bonds is 7. The van der Waals surface area contributed by atoms with Crippen molar-refractivity contribution >= 4 is 11.9 Å². The second-order valence-electron chi connectivity index (χ2n) is 5.35. The summed E-state index contributed by atoms with van der Waals surface area (Å²) < 4.78 is 10.3. The predicted molar refractivity (Wildman–Crippen MR) is 80.2 cm³/mol. The van der Waals surface area contributed by atoms with Crippen LogP contribution in [0.3, 0.4) is 0 Å². The highest BCUT2D eigenvalue weighted by atomic mass is 16.6. The zero-order valence-electron chi connectivity index (χ0n) is 13.1. The van der Waals surface area contributed by atoms with Gasteiger partial charge in [0.2, 0.25) is 0 Å². The van der Waals surface area contributed by atoms with Gasteiger partial charge in [0.05, 0.1) is 0 Å². The van der Waals surface area contributed by atoms with Crippen molar-refractivity contribution in [3.05, 3.63) is 29.3 Å². The van der Waals surface area contributed by atoms with E-state index in [0.29, 0.717) is 18.2 Å². The Morgan fingerprint density at radius 3 is 2.57 bits per heavy atom. The van der Waals surface area contributed by atoms with Crippen LogP contribution in [0, 0.1) is 19.8 Å². The van der Waals surface area contributed by atoms with E-state index in [9.17, 15) is 9.59 Å². The van der Waals surface area contributed by atoms with Crippen molar-refractivity contribution in [1.29, 1.82) is 0 Å². The van der Waals surface area contributed by atoms with Crippen LogP contribution in [-0.2, 0) is 14.3 Å².